The van der Waals surface area contributed by atoms with Gasteiger partial charge in [0.05, 0.1) is 6.10 Å². The quantitative estimate of drug-likeness (QED) is 0.725. The molecule has 0 saturated heterocycles. The maximum absolute atomic E-state index is 12.0. The number of amides is 1. The third kappa shape index (κ3) is 3.47. The number of carbonyl (C=O) groups is 1. The first-order valence-electron chi connectivity index (χ1n) is 6.89. The molecule has 1 aliphatic carbocycles. The Bertz CT molecular complexity index is 430. The molecule has 1 aliphatic rings. The Hall–Kier alpha value is -1.55. The highest BCUT2D eigenvalue weighted by Crippen LogP contribution is 2.31. The minimum Gasteiger partial charge on any atom is -0.399 e. The molecule has 0 bridgehead atoms. The minimum absolute atomic E-state index is 0.0690. The number of nitrogens with one attached hydrogen (secondary N) is 1. The predicted octanol–water partition coefficient (Wildman–Crippen LogP) is 1.85. The van der Waals surface area contributed by atoms with Crippen molar-refractivity contribution in [2.75, 3.05) is 12.3 Å². The van der Waals surface area contributed by atoms with Gasteiger partial charge in [-0.3, -0.25) is 4.79 Å². The highest BCUT2D eigenvalue weighted by molar-refractivity contribution is 5.79. The molecule has 0 radical (unpaired) electrons. The fraction of sp³-hybridized carbons (Fsp3) is 0.533. The summed E-state index contributed by atoms with van der Waals surface area (Å²) in [4.78, 5) is 12.0. The van der Waals surface area contributed by atoms with Crippen LogP contribution in [-0.2, 0) is 4.79 Å². The van der Waals surface area contributed by atoms with Gasteiger partial charge in [0.15, 0.2) is 0 Å². The van der Waals surface area contributed by atoms with Gasteiger partial charge in [-0.05, 0) is 36.5 Å². The second-order valence-electron chi connectivity index (χ2n) is 5.44. The monoisotopic (exact) mass is 262 g/mol. The lowest BCUT2D eigenvalue weighted by Gasteiger charge is -2.17. The molecule has 3 atom stereocenters. The molecule has 1 aromatic carbocycles. The number of nitrogen functional groups attached to an aromatic ring is 1. The second-order valence-corrected chi connectivity index (χ2v) is 5.44. The van der Waals surface area contributed by atoms with E-state index in [1.54, 1.807) is 24.3 Å². The van der Waals surface area contributed by atoms with E-state index in [0.717, 1.165) is 24.8 Å². The normalized spacial score (nSPS) is 24.1. The zero-order valence-corrected chi connectivity index (χ0v) is 11.3. The third-order valence-electron chi connectivity index (χ3n) is 3.99. The Morgan fingerprint density at radius 1 is 1.42 bits per heavy atom. The van der Waals surface area contributed by atoms with Gasteiger partial charge in [-0.2, -0.15) is 0 Å². The van der Waals surface area contributed by atoms with E-state index < -0.39 is 6.10 Å². The third-order valence-corrected chi connectivity index (χ3v) is 3.99. The van der Waals surface area contributed by atoms with Gasteiger partial charge in [-0.25, -0.2) is 0 Å². The van der Waals surface area contributed by atoms with Crippen LogP contribution in [0.3, 0.4) is 0 Å². The van der Waals surface area contributed by atoms with Crippen LogP contribution >= 0.6 is 0 Å². The van der Waals surface area contributed by atoms with Gasteiger partial charge in [0.2, 0.25) is 5.91 Å². The van der Waals surface area contributed by atoms with Crippen LogP contribution in [0, 0.1) is 11.8 Å². The summed E-state index contributed by atoms with van der Waals surface area (Å²) in [5, 5.41) is 12.9. The summed E-state index contributed by atoms with van der Waals surface area (Å²) in [6, 6.07) is 7.06. The highest BCUT2D eigenvalue weighted by Gasteiger charge is 2.29. The molecule has 3 unspecified atom stereocenters. The van der Waals surface area contributed by atoms with E-state index in [9.17, 15) is 9.90 Å². The molecule has 0 spiro atoms. The van der Waals surface area contributed by atoms with Crippen LogP contribution in [0.4, 0.5) is 5.69 Å². The van der Waals surface area contributed by atoms with E-state index in [0.29, 0.717) is 11.6 Å². The lowest BCUT2D eigenvalue weighted by Crippen LogP contribution is -2.34. The molecule has 1 aromatic rings. The van der Waals surface area contributed by atoms with Crippen LogP contribution < -0.4 is 11.1 Å². The van der Waals surface area contributed by atoms with Crippen molar-refractivity contribution in [2.45, 2.75) is 32.3 Å². The molecular weight excluding hydrogens is 240 g/mol. The molecule has 1 fully saturated rings. The first-order valence-corrected chi connectivity index (χ1v) is 6.89. The Kier molecular flexibility index (Phi) is 4.43. The average molecular weight is 262 g/mol. The van der Waals surface area contributed by atoms with Crippen LogP contribution in [0.25, 0.3) is 0 Å². The van der Waals surface area contributed by atoms with Gasteiger partial charge in [0.25, 0.3) is 0 Å². The van der Waals surface area contributed by atoms with Crippen LogP contribution in [-0.4, -0.2) is 17.6 Å². The predicted molar refractivity (Wildman–Crippen MR) is 75.3 cm³/mol. The molecule has 19 heavy (non-hydrogen) atoms. The van der Waals surface area contributed by atoms with Crippen molar-refractivity contribution in [3.63, 3.8) is 0 Å². The summed E-state index contributed by atoms with van der Waals surface area (Å²) in [5.41, 5.74) is 7.03. The van der Waals surface area contributed by atoms with Crippen LogP contribution in [0.1, 0.15) is 37.9 Å². The summed E-state index contributed by atoms with van der Waals surface area (Å²) in [5.74, 6) is 0.631. The summed E-state index contributed by atoms with van der Waals surface area (Å²) in [7, 11) is 0. The van der Waals surface area contributed by atoms with E-state index in [4.69, 9.17) is 5.73 Å². The smallest absolute Gasteiger partial charge is 0.223 e. The van der Waals surface area contributed by atoms with Crippen molar-refractivity contribution in [2.24, 2.45) is 11.8 Å². The summed E-state index contributed by atoms with van der Waals surface area (Å²) >= 11 is 0. The van der Waals surface area contributed by atoms with Crippen molar-refractivity contribution in [1.29, 1.82) is 0 Å². The minimum atomic E-state index is -0.679. The van der Waals surface area contributed by atoms with Gasteiger partial charge >= 0.3 is 0 Å². The number of anilines is 1. The molecule has 0 aromatic heterocycles. The van der Waals surface area contributed by atoms with Crippen LogP contribution in [0.2, 0.25) is 0 Å². The number of benzene rings is 1. The molecule has 1 saturated carbocycles. The molecule has 4 nitrogen and oxygen atoms in total. The standard InChI is InChI=1S/C15H22N2O2/c1-10-3-2-4-13(10)15(19)17-9-14(18)11-5-7-12(16)8-6-11/h5-8,10,13-14,18H,2-4,9,16H2,1H3,(H,17,19). The number of rotatable bonds is 4. The van der Waals surface area contributed by atoms with Gasteiger partial charge in [-0.15, -0.1) is 0 Å². The number of hydrogen-bond donors (Lipinski definition) is 3. The van der Waals surface area contributed by atoms with E-state index in [2.05, 4.69) is 12.2 Å². The fourth-order valence-corrected chi connectivity index (χ4v) is 2.70. The summed E-state index contributed by atoms with van der Waals surface area (Å²) in [6.07, 6.45) is 2.53. The summed E-state index contributed by atoms with van der Waals surface area (Å²) < 4.78 is 0. The summed E-state index contributed by atoms with van der Waals surface area (Å²) in [6.45, 7) is 2.37. The number of carbonyl (C=O) groups excluding carboxylic acids is 1. The van der Waals surface area contributed by atoms with Gasteiger partial charge < -0.3 is 16.2 Å². The fourth-order valence-electron chi connectivity index (χ4n) is 2.70. The van der Waals surface area contributed by atoms with Gasteiger partial charge in [0.1, 0.15) is 0 Å². The first-order chi connectivity index (χ1) is 9.08. The Morgan fingerprint density at radius 2 is 2.11 bits per heavy atom. The van der Waals surface area contributed by atoms with E-state index in [1.807, 2.05) is 0 Å². The number of aliphatic hydroxyl groups excluding tert-OH is 1. The zero-order valence-electron chi connectivity index (χ0n) is 11.3. The average Bonchev–Trinajstić information content (AvgIpc) is 2.83. The Balaban J connectivity index is 1.84. The molecule has 2 rings (SSSR count). The van der Waals surface area contributed by atoms with E-state index in [-0.39, 0.29) is 18.4 Å². The number of aliphatic hydroxyl groups is 1. The Morgan fingerprint density at radius 3 is 2.68 bits per heavy atom. The SMILES string of the molecule is CC1CCCC1C(=O)NCC(O)c1ccc(N)cc1. The molecule has 1 amide bonds. The van der Waals surface area contributed by atoms with Crippen LogP contribution in [0.5, 0.6) is 0 Å². The first kappa shape index (κ1) is 13.9. The van der Waals surface area contributed by atoms with Gasteiger partial charge in [0, 0.05) is 18.2 Å². The molecule has 0 heterocycles. The highest BCUT2D eigenvalue weighted by atomic mass is 16.3. The molecule has 4 heteroatoms. The second kappa shape index (κ2) is 6.06. The van der Waals surface area contributed by atoms with Crippen molar-refractivity contribution in [3.05, 3.63) is 29.8 Å². The van der Waals surface area contributed by atoms with E-state index >= 15 is 0 Å². The van der Waals surface area contributed by atoms with Crippen molar-refractivity contribution >= 4 is 11.6 Å². The van der Waals surface area contributed by atoms with Gasteiger partial charge in [-0.1, -0.05) is 25.5 Å². The largest absolute Gasteiger partial charge is 0.399 e. The Labute approximate surface area is 114 Å². The van der Waals surface area contributed by atoms with Crippen LogP contribution in [0.15, 0.2) is 24.3 Å². The molecule has 104 valence electrons. The van der Waals surface area contributed by atoms with Crippen molar-refractivity contribution in [3.8, 4) is 0 Å². The lowest BCUT2D eigenvalue weighted by atomic mass is 9.97. The molecule has 4 N–H and O–H groups in total. The number of nitrogens with two attached hydrogens (primary N) is 1. The lowest BCUT2D eigenvalue weighted by molar-refractivity contribution is -0.126. The maximum atomic E-state index is 12.0. The molecular formula is C15H22N2O2. The van der Waals surface area contributed by atoms with E-state index in [1.165, 1.54) is 0 Å². The van der Waals surface area contributed by atoms with Crippen molar-refractivity contribution in [1.82, 2.24) is 5.32 Å². The maximum Gasteiger partial charge on any atom is 0.223 e. The topological polar surface area (TPSA) is 75.3 Å². The van der Waals surface area contributed by atoms with Crippen molar-refractivity contribution < 1.29 is 9.90 Å². The zero-order chi connectivity index (χ0) is 13.8. The molecule has 0 aliphatic heterocycles. The number of hydrogen-bond acceptors (Lipinski definition) is 3.